The van der Waals surface area contributed by atoms with E-state index in [9.17, 15) is 9.59 Å². The summed E-state index contributed by atoms with van der Waals surface area (Å²) in [5, 5.41) is 8.55. The molecule has 6 nitrogen and oxygen atoms in total. The maximum Gasteiger partial charge on any atom is 0.343 e. The van der Waals surface area contributed by atoms with Gasteiger partial charge in [0, 0.05) is 0 Å². The zero-order valence-electron chi connectivity index (χ0n) is 24.5. The van der Waals surface area contributed by atoms with E-state index in [1.165, 1.54) is 0 Å². The summed E-state index contributed by atoms with van der Waals surface area (Å²) in [5.74, 6) is 0.101. The quantitative estimate of drug-likeness (QED) is 0.131. The molecule has 41 heavy (non-hydrogen) atoms. The largest absolute Gasteiger partial charge is 0.423 e. The molecule has 0 aromatic heterocycles. The molecule has 4 aromatic carbocycles. The van der Waals surface area contributed by atoms with Crippen molar-refractivity contribution in [2.45, 2.75) is 58.9 Å². The minimum Gasteiger partial charge on any atom is -0.423 e. The van der Waals surface area contributed by atoms with E-state index in [1.807, 2.05) is 42.5 Å². The van der Waals surface area contributed by atoms with Gasteiger partial charge in [0.05, 0.1) is 23.4 Å². The minimum absolute atomic E-state index is 0.0504. The number of hydrogen-bond donors (Lipinski definition) is 0. The second-order valence-electron chi connectivity index (χ2n) is 12.0. The van der Waals surface area contributed by atoms with E-state index >= 15 is 0 Å². The van der Waals surface area contributed by atoms with Gasteiger partial charge in [0.2, 0.25) is 0 Å². The summed E-state index contributed by atoms with van der Waals surface area (Å²) in [4.78, 5) is 25.6. The lowest BCUT2D eigenvalue weighted by Crippen LogP contribution is -2.13. The summed E-state index contributed by atoms with van der Waals surface area (Å²) >= 11 is 0. The standard InChI is InChI=1S/C35H36N2O4/c1-34(2,3)27-14-9-17-30(21-27)40-32(38)25-12-7-11-24(19-25)23-36-37-29-16-8-13-26(20-29)33(39)41-31-18-10-15-28(22-31)35(4,5)6/h7-22H,23H2,1-6H3. The highest BCUT2D eigenvalue weighted by Crippen LogP contribution is 2.27. The Morgan fingerprint density at radius 1 is 0.610 bits per heavy atom. The molecule has 0 atom stereocenters. The van der Waals surface area contributed by atoms with E-state index in [1.54, 1.807) is 54.6 Å². The van der Waals surface area contributed by atoms with Crippen LogP contribution in [0.3, 0.4) is 0 Å². The van der Waals surface area contributed by atoms with Crippen LogP contribution in [-0.4, -0.2) is 11.9 Å². The average molecular weight is 549 g/mol. The third kappa shape index (κ3) is 8.21. The van der Waals surface area contributed by atoms with E-state index in [2.05, 4.69) is 51.8 Å². The van der Waals surface area contributed by atoms with Crippen molar-refractivity contribution in [2.75, 3.05) is 0 Å². The van der Waals surface area contributed by atoms with Crippen molar-refractivity contribution in [3.05, 3.63) is 125 Å². The molecule has 210 valence electrons. The van der Waals surface area contributed by atoms with Gasteiger partial charge in [-0.3, -0.25) is 0 Å². The molecular formula is C35H36N2O4. The number of nitrogens with zero attached hydrogens (tertiary/aromatic N) is 2. The predicted molar refractivity (Wildman–Crippen MR) is 161 cm³/mol. The number of hydrogen-bond acceptors (Lipinski definition) is 6. The molecule has 0 unspecified atom stereocenters. The van der Waals surface area contributed by atoms with Crippen molar-refractivity contribution in [2.24, 2.45) is 10.2 Å². The molecule has 0 saturated heterocycles. The van der Waals surface area contributed by atoms with Gasteiger partial charge < -0.3 is 9.47 Å². The Labute approximate surface area is 242 Å². The van der Waals surface area contributed by atoms with Crippen LogP contribution in [0.2, 0.25) is 0 Å². The predicted octanol–water partition coefficient (Wildman–Crippen LogP) is 9.00. The van der Waals surface area contributed by atoms with Crippen molar-refractivity contribution in [3.8, 4) is 11.5 Å². The highest BCUT2D eigenvalue weighted by atomic mass is 16.5. The molecule has 0 amide bonds. The second kappa shape index (κ2) is 12.3. The lowest BCUT2D eigenvalue weighted by atomic mass is 9.87. The van der Waals surface area contributed by atoms with Crippen molar-refractivity contribution in [3.63, 3.8) is 0 Å². The number of ether oxygens (including phenoxy) is 2. The number of azo groups is 1. The Morgan fingerprint density at radius 3 is 1.63 bits per heavy atom. The molecule has 0 saturated carbocycles. The molecular weight excluding hydrogens is 512 g/mol. The van der Waals surface area contributed by atoms with Crippen molar-refractivity contribution in [1.29, 1.82) is 0 Å². The van der Waals surface area contributed by atoms with Gasteiger partial charge in [0.25, 0.3) is 0 Å². The first-order valence-electron chi connectivity index (χ1n) is 13.6. The highest BCUT2D eigenvalue weighted by molar-refractivity contribution is 5.92. The Balaban J connectivity index is 1.39. The number of rotatable bonds is 7. The average Bonchev–Trinajstić information content (AvgIpc) is 2.93. The summed E-state index contributed by atoms with van der Waals surface area (Å²) in [5.41, 5.74) is 4.20. The summed E-state index contributed by atoms with van der Waals surface area (Å²) < 4.78 is 11.2. The first-order chi connectivity index (χ1) is 19.4. The Kier molecular flexibility index (Phi) is 8.82. The zero-order valence-corrected chi connectivity index (χ0v) is 24.5. The Hall–Kier alpha value is -4.58. The summed E-state index contributed by atoms with van der Waals surface area (Å²) in [6.45, 7) is 12.9. The topological polar surface area (TPSA) is 77.3 Å². The van der Waals surface area contributed by atoms with Gasteiger partial charge in [-0.25, -0.2) is 9.59 Å². The number of carbonyl (C=O) groups excluding carboxylic acids is 2. The Bertz CT molecular complexity index is 1580. The van der Waals surface area contributed by atoms with Crippen molar-refractivity contribution >= 4 is 17.6 Å². The SMILES string of the molecule is CC(C)(C)c1cccc(OC(=O)c2cccc(CN=Nc3cccc(C(=O)Oc4cccc(C(C)(C)C)c4)c3)c2)c1. The maximum atomic E-state index is 12.8. The smallest absolute Gasteiger partial charge is 0.343 e. The van der Waals surface area contributed by atoms with Gasteiger partial charge in [0.15, 0.2) is 0 Å². The first-order valence-corrected chi connectivity index (χ1v) is 13.6. The zero-order chi connectivity index (χ0) is 29.6. The van der Waals surface area contributed by atoms with Crippen molar-refractivity contribution in [1.82, 2.24) is 0 Å². The van der Waals surface area contributed by atoms with Crippen LogP contribution in [0.15, 0.2) is 107 Å². The van der Waals surface area contributed by atoms with Crippen molar-refractivity contribution < 1.29 is 19.1 Å². The lowest BCUT2D eigenvalue weighted by molar-refractivity contribution is 0.0725. The van der Waals surface area contributed by atoms with Gasteiger partial charge in [-0.1, -0.05) is 84.0 Å². The fourth-order valence-corrected chi connectivity index (χ4v) is 4.07. The summed E-state index contributed by atoms with van der Waals surface area (Å²) in [6, 6.07) is 29.1. The first kappa shape index (κ1) is 29.4. The van der Waals surface area contributed by atoms with Gasteiger partial charge >= 0.3 is 11.9 Å². The fourth-order valence-electron chi connectivity index (χ4n) is 4.07. The van der Waals surface area contributed by atoms with Gasteiger partial charge in [-0.15, -0.1) is 0 Å². The van der Waals surface area contributed by atoms with E-state index in [4.69, 9.17) is 9.47 Å². The van der Waals surface area contributed by atoms with Gasteiger partial charge in [-0.2, -0.15) is 10.2 Å². The molecule has 0 bridgehead atoms. The molecule has 0 heterocycles. The van der Waals surface area contributed by atoms with E-state index in [-0.39, 0.29) is 17.4 Å². The van der Waals surface area contributed by atoms with E-state index in [0.717, 1.165) is 16.7 Å². The third-order valence-electron chi connectivity index (χ3n) is 6.51. The summed E-state index contributed by atoms with van der Waals surface area (Å²) in [6.07, 6.45) is 0. The van der Waals surface area contributed by atoms with E-state index < -0.39 is 11.9 Å². The van der Waals surface area contributed by atoms with Crippen LogP contribution in [0.1, 0.15) is 78.9 Å². The van der Waals surface area contributed by atoms with Crippen LogP contribution in [0, 0.1) is 0 Å². The number of carbonyl (C=O) groups is 2. The molecule has 0 radical (unpaired) electrons. The normalized spacial score (nSPS) is 11.9. The molecule has 0 N–H and O–H groups in total. The lowest BCUT2D eigenvalue weighted by Gasteiger charge is -2.19. The number of benzene rings is 4. The molecule has 4 aromatic rings. The molecule has 0 aliphatic rings. The monoisotopic (exact) mass is 548 g/mol. The summed E-state index contributed by atoms with van der Waals surface area (Å²) in [7, 11) is 0. The highest BCUT2D eigenvalue weighted by Gasteiger charge is 2.17. The van der Waals surface area contributed by atoms with Crippen LogP contribution >= 0.6 is 0 Å². The fraction of sp³-hybridized carbons (Fsp3) is 0.257. The molecule has 0 fully saturated rings. The molecule has 4 rings (SSSR count). The third-order valence-corrected chi connectivity index (χ3v) is 6.51. The van der Waals surface area contributed by atoms with Crippen LogP contribution in [0.4, 0.5) is 5.69 Å². The Morgan fingerprint density at radius 2 is 1.10 bits per heavy atom. The van der Waals surface area contributed by atoms with Gasteiger partial charge in [-0.05, 0) is 82.1 Å². The van der Waals surface area contributed by atoms with Crippen LogP contribution in [-0.2, 0) is 17.4 Å². The second-order valence-corrected chi connectivity index (χ2v) is 12.0. The molecule has 0 spiro atoms. The van der Waals surface area contributed by atoms with Gasteiger partial charge in [0.1, 0.15) is 11.5 Å². The molecule has 6 heteroatoms. The molecule has 0 aliphatic carbocycles. The van der Waals surface area contributed by atoms with Crippen LogP contribution < -0.4 is 9.47 Å². The molecule has 0 aliphatic heterocycles. The minimum atomic E-state index is -0.465. The maximum absolute atomic E-state index is 12.8. The number of esters is 2. The van der Waals surface area contributed by atoms with Crippen LogP contribution in [0.5, 0.6) is 11.5 Å². The van der Waals surface area contributed by atoms with Crippen LogP contribution in [0.25, 0.3) is 0 Å². The van der Waals surface area contributed by atoms with E-state index in [0.29, 0.717) is 28.3 Å².